The van der Waals surface area contributed by atoms with E-state index in [1.165, 1.54) is 0 Å². The SMILES string of the molecule is O=C1C(=Cc2cc3oc(-c4ccccc4)nc3n2Cc2ccccc2)C(=O)c2cc3ccccc3cc21. The van der Waals surface area contributed by atoms with Crippen LogP contribution in [0.1, 0.15) is 32.0 Å². The summed E-state index contributed by atoms with van der Waals surface area (Å²) in [5.41, 5.74) is 4.96. The Kier molecular flexibility index (Phi) is 4.76. The fourth-order valence-corrected chi connectivity index (χ4v) is 4.99. The summed E-state index contributed by atoms with van der Waals surface area (Å²) in [6, 6.07) is 33.0. The predicted molar refractivity (Wildman–Crippen MR) is 144 cm³/mol. The maximum Gasteiger partial charge on any atom is 0.228 e. The number of benzene rings is 4. The molecule has 0 atom stereocenters. The molecule has 2 aromatic heterocycles. The molecule has 0 unspecified atom stereocenters. The summed E-state index contributed by atoms with van der Waals surface area (Å²) in [5.74, 6) is 0.0132. The standard InChI is InChI=1S/C32H20N2O3/c35-29-25-15-22-13-7-8-14-23(22)16-26(25)30(36)27(29)17-24-18-28-31(34(24)19-20-9-3-1-4-10-20)33-32(37-28)21-11-5-2-6-12-21/h1-18H,19H2. The molecule has 0 bridgehead atoms. The average molecular weight is 481 g/mol. The number of Topliss-reactive ketones (excluding diaryl/α,β-unsaturated/α-hetero) is 2. The van der Waals surface area contributed by atoms with Crippen molar-refractivity contribution in [3.8, 4) is 11.5 Å². The Balaban J connectivity index is 1.37. The maximum absolute atomic E-state index is 13.4. The third kappa shape index (κ3) is 3.52. The molecule has 5 heteroatoms. The van der Waals surface area contributed by atoms with Gasteiger partial charge in [0.05, 0.1) is 5.57 Å². The van der Waals surface area contributed by atoms with Gasteiger partial charge in [0.15, 0.2) is 22.8 Å². The topological polar surface area (TPSA) is 65.1 Å². The molecule has 176 valence electrons. The molecule has 7 rings (SSSR count). The second-order valence-electron chi connectivity index (χ2n) is 9.18. The van der Waals surface area contributed by atoms with Crippen LogP contribution in [-0.2, 0) is 6.54 Å². The Morgan fingerprint density at radius 2 is 1.32 bits per heavy atom. The van der Waals surface area contributed by atoms with E-state index in [2.05, 4.69) is 0 Å². The van der Waals surface area contributed by atoms with Gasteiger partial charge in [-0.05, 0) is 46.7 Å². The summed E-state index contributed by atoms with van der Waals surface area (Å²) < 4.78 is 8.11. The second kappa shape index (κ2) is 8.28. The number of allylic oxidation sites excluding steroid dienone is 1. The largest absolute Gasteiger partial charge is 0.434 e. The third-order valence-electron chi connectivity index (χ3n) is 6.84. The first kappa shape index (κ1) is 21.3. The number of nitrogens with zero attached hydrogens (tertiary/aromatic N) is 2. The lowest BCUT2D eigenvalue weighted by Crippen LogP contribution is -2.05. The van der Waals surface area contributed by atoms with E-state index < -0.39 is 0 Å². The van der Waals surface area contributed by atoms with Crippen LogP contribution in [0.3, 0.4) is 0 Å². The van der Waals surface area contributed by atoms with Crippen molar-refractivity contribution in [1.82, 2.24) is 9.55 Å². The van der Waals surface area contributed by atoms with Crippen molar-refractivity contribution in [2.45, 2.75) is 6.54 Å². The number of ketones is 2. The first-order valence-corrected chi connectivity index (χ1v) is 12.1. The molecule has 4 aromatic carbocycles. The molecule has 1 aliphatic carbocycles. The van der Waals surface area contributed by atoms with Crippen LogP contribution in [-0.4, -0.2) is 21.1 Å². The minimum absolute atomic E-state index is 0.156. The number of fused-ring (bicyclic) bond motifs is 3. The number of oxazole rings is 1. The van der Waals surface area contributed by atoms with Crippen LogP contribution in [0.15, 0.2) is 113 Å². The van der Waals surface area contributed by atoms with Gasteiger partial charge in [-0.15, -0.1) is 0 Å². The smallest absolute Gasteiger partial charge is 0.228 e. The van der Waals surface area contributed by atoms with E-state index in [0.717, 1.165) is 21.9 Å². The molecule has 0 radical (unpaired) electrons. The highest BCUT2D eigenvalue weighted by Gasteiger charge is 2.34. The molecule has 0 saturated carbocycles. The molecule has 0 fully saturated rings. The summed E-state index contributed by atoms with van der Waals surface area (Å²) in [6.07, 6.45) is 1.68. The van der Waals surface area contributed by atoms with Crippen LogP contribution in [0, 0.1) is 0 Å². The average Bonchev–Trinajstić information content (AvgIpc) is 3.56. The van der Waals surface area contributed by atoms with Gasteiger partial charge in [-0.1, -0.05) is 72.8 Å². The van der Waals surface area contributed by atoms with E-state index in [9.17, 15) is 9.59 Å². The molecule has 0 N–H and O–H groups in total. The number of rotatable bonds is 4. The van der Waals surface area contributed by atoms with Crippen molar-refractivity contribution in [1.29, 1.82) is 0 Å². The third-order valence-corrected chi connectivity index (χ3v) is 6.84. The Bertz CT molecular complexity index is 1820. The number of carbonyl (C=O) groups is 2. The van der Waals surface area contributed by atoms with Gasteiger partial charge < -0.3 is 8.98 Å². The molecule has 0 amide bonds. The first-order chi connectivity index (χ1) is 18.2. The highest BCUT2D eigenvalue weighted by Crippen LogP contribution is 2.34. The van der Waals surface area contributed by atoms with Crippen molar-refractivity contribution < 1.29 is 14.0 Å². The van der Waals surface area contributed by atoms with Crippen LogP contribution in [0.4, 0.5) is 0 Å². The van der Waals surface area contributed by atoms with E-state index in [-0.39, 0.29) is 17.1 Å². The molecule has 37 heavy (non-hydrogen) atoms. The molecule has 1 aliphatic rings. The van der Waals surface area contributed by atoms with E-state index in [0.29, 0.717) is 40.5 Å². The van der Waals surface area contributed by atoms with Gasteiger partial charge in [-0.3, -0.25) is 9.59 Å². The zero-order valence-corrected chi connectivity index (χ0v) is 19.7. The zero-order chi connectivity index (χ0) is 24.9. The van der Waals surface area contributed by atoms with E-state index in [4.69, 9.17) is 9.40 Å². The minimum Gasteiger partial charge on any atom is -0.434 e. The van der Waals surface area contributed by atoms with Gasteiger partial charge in [0.25, 0.3) is 0 Å². The maximum atomic E-state index is 13.4. The van der Waals surface area contributed by atoms with Gasteiger partial charge >= 0.3 is 0 Å². The molecule has 2 heterocycles. The number of carbonyl (C=O) groups excluding carboxylic acids is 2. The normalized spacial score (nSPS) is 13.0. The Morgan fingerprint density at radius 3 is 1.97 bits per heavy atom. The van der Waals surface area contributed by atoms with Crippen LogP contribution in [0.5, 0.6) is 0 Å². The molecule has 0 saturated heterocycles. The van der Waals surface area contributed by atoms with E-state index in [1.54, 1.807) is 6.08 Å². The monoisotopic (exact) mass is 480 g/mol. The Hall–Kier alpha value is -5.03. The van der Waals surface area contributed by atoms with Gasteiger partial charge in [0.1, 0.15) is 0 Å². The van der Waals surface area contributed by atoms with Gasteiger partial charge in [0, 0.05) is 35.0 Å². The fourth-order valence-electron chi connectivity index (χ4n) is 4.99. The van der Waals surface area contributed by atoms with Crippen molar-refractivity contribution in [2.24, 2.45) is 0 Å². The summed E-state index contributed by atoms with van der Waals surface area (Å²) in [5, 5.41) is 1.87. The number of aromatic nitrogens is 2. The lowest BCUT2D eigenvalue weighted by molar-refractivity contribution is 0.0990. The molecular weight excluding hydrogens is 460 g/mol. The molecular formula is C32H20N2O3. The fraction of sp³-hybridized carbons (Fsp3) is 0.0312. The lowest BCUT2D eigenvalue weighted by Gasteiger charge is -2.08. The summed E-state index contributed by atoms with van der Waals surface area (Å²) >= 11 is 0. The molecule has 0 aliphatic heterocycles. The van der Waals surface area contributed by atoms with Crippen molar-refractivity contribution in [3.05, 3.63) is 131 Å². The molecule has 6 aromatic rings. The lowest BCUT2D eigenvalue weighted by atomic mass is 10.0. The minimum atomic E-state index is -0.257. The quantitative estimate of drug-likeness (QED) is 0.202. The number of hydrogen-bond acceptors (Lipinski definition) is 4. The molecule has 0 spiro atoms. The van der Waals surface area contributed by atoms with Crippen molar-refractivity contribution in [2.75, 3.05) is 0 Å². The van der Waals surface area contributed by atoms with Crippen molar-refractivity contribution in [3.63, 3.8) is 0 Å². The summed E-state index contributed by atoms with van der Waals surface area (Å²) in [4.78, 5) is 31.5. The highest BCUT2D eigenvalue weighted by atomic mass is 16.3. The van der Waals surface area contributed by atoms with Gasteiger partial charge in [-0.25, -0.2) is 0 Å². The van der Waals surface area contributed by atoms with Crippen LogP contribution < -0.4 is 0 Å². The van der Waals surface area contributed by atoms with Gasteiger partial charge in [0.2, 0.25) is 5.89 Å². The van der Waals surface area contributed by atoms with Crippen molar-refractivity contribution >= 4 is 39.6 Å². The van der Waals surface area contributed by atoms with Crippen LogP contribution in [0.2, 0.25) is 0 Å². The van der Waals surface area contributed by atoms with Crippen LogP contribution >= 0.6 is 0 Å². The van der Waals surface area contributed by atoms with E-state index in [1.807, 2.05) is 108 Å². The summed E-state index contributed by atoms with van der Waals surface area (Å²) in [7, 11) is 0. The predicted octanol–water partition coefficient (Wildman–Crippen LogP) is 6.96. The zero-order valence-electron chi connectivity index (χ0n) is 19.7. The Labute approximate surface area is 212 Å². The molecule has 5 nitrogen and oxygen atoms in total. The summed E-state index contributed by atoms with van der Waals surface area (Å²) in [6.45, 7) is 0.517. The van der Waals surface area contributed by atoms with Crippen LogP contribution in [0.25, 0.3) is 39.5 Å². The van der Waals surface area contributed by atoms with E-state index >= 15 is 0 Å². The highest BCUT2D eigenvalue weighted by molar-refractivity contribution is 6.42. The second-order valence-corrected chi connectivity index (χ2v) is 9.18. The Morgan fingerprint density at radius 1 is 0.730 bits per heavy atom. The first-order valence-electron chi connectivity index (χ1n) is 12.1. The van der Waals surface area contributed by atoms with Gasteiger partial charge in [-0.2, -0.15) is 4.98 Å². The number of hydrogen-bond donors (Lipinski definition) is 0.